The van der Waals surface area contributed by atoms with E-state index < -0.39 is 0 Å². The second kappa shape index (κ2) is 6.69. The summed E-state index contributed by atoms with van der Waals surface area (Å²) in [5.41, 5.74) is 1.77. The number of rotatable bonds is 5. The highest BCUT2D eigenvalue weighted by atomic mass is 16.5. The van der Waals surface area contributed by atoms with Crippen LogP contribution in [0.3, 0.4) is 0 Å². The van der Waals surface area contributed by atoms with Crippen LogP contribution in [0.4, 0.5) is 0 Å². The largest absolute Gasteiger partial charge is 0.381 e. The van der Waals surface area contributed by atoms with Crippen molar-refractivity contribution in [3.63, 3.8) is 0 Å². The molecule has 2 fully saturated rings. The van der Waals surface area contributed by atoms with Crippen LogP contribution in [0, 0.1) is 0 Å². The van der Waals surface area contributed by atoms with Crippen molar-refractivity contribution < 1.29 is 9.47 Å². The summed E-state index contributed by atoms with van der Waals surface area (Å²) in [5, 5.41) is 3.79. The number of methoxy groups -OCH3 is 1. The molecule has 0 aromatic heterocycles. The van der Waals surface area contributed by atoms with Gasteiger partial charge in [-0.25, -0.2) is 0 Å². The molecule has 1 N–H and O–H groups in total. The fourth-order valence-electron chi connectivity index (χ4n) is 4.04. The first kappa shape index (κ1) is 16.0. The zero-order valence-corrected chi connectivity index (χ0v) is 13.9. The Bertz CT molecular complexity index is 470. The summed E-state index contributed by atoms with van der Waals surface area (Å²) in [6.45, 7) is 5.00. The molecular weight excluding hydrogens is 274 g/mol. The van der Waals surface area contributed by atoms with Crippen molar-refractivity contribution in [2.75, 3.05) is 26.9 Å². The molecule has 1 aromatic carbocycles. The van der Waals surface area contributed by atoms with Gasteiger partial charge in [-0.1, -0.05) is 37.3 Å². The first-order chi connectivity index (χ1) is 10.7. The van der Waals surface area contributed by atoms with Crippen molar-refractivity contribution >= 4 is 0 Å². The summed E-state index contributed by atoms with van der Waals surface area (Å²) in [6.07, 6.45) is 5.73. The Morgan fingerprint density at radius 2 is 1.91 bits per heavy atom. The lowest BCUT2D eigenvalue weighted by Crippen LogP contribution is -2.49. The zero-order chi connectivity index (χ0) is 15.5. The van der Waals surface area contributed by atoms with Gasteiger partial charge in [-0.2, -0.15) is 0 Å². The summed E-state index contributed by atoms with van der Waals surface area (Å²) in [5.74, 6) is 0. The van der Waals surface area contributed by atoms with Gasteiger partial charge in [0.1, 0.15) is 0 Å². The first-order valence-corrected chi connectivity index (χ1v) is 8.58. The smallest absolute Gasteiger partial charge is 0.0846 e. The van der Waals surface area contributed by atoms with Crippen molar-refractivity contribution in [2.24, 2.45) is 0 Å². The predicted octanol–water partition coefficient (Wildman–Crippen LogP) is 3.28. The van der Waals surface area contributed by atoms with Gasteiger partial charge in [0.2, 0.25) is 0 Å². The van der Waals surface area contributed by atoms with E-state index in [-0.39, 0.29) is 5.60 Å². The maximum absolute atomic E-state index is 5.83. The van der Waals surface area contributed by atoms with Crippen molar-refractivity contribution in [3.8, 4) is 0 Å². The average molecular weight is 303 g/mol. The van der Waals surface area contributed by atoms with Gasteiger partial charge >= 0.3 is 0 Å². The summed E-state index contributed by atoms with van der Waals surface area (Å²) in [7, 11) is 1.84. The van der Waals surface area contributed by atoms with Gasteiger partial charge in [0.05, 0.1) is 5.60 Å². The SMILES string of the molecule is COC1(CN[C@H]2CC[C@](C)(c3ccccc3)C2)CCOCC1. The van der Waals surface area contributed by atoms with Crippen LogP contribution in [0.15, 0.2) is 30.3 Å². The summed E-state index contributed by atoms with van der Waals surface area (Å²) in [6, 6.07) is 11.6. The molecule has 2 atom stereocenters. The van der Waals surface area contributed by atoms with Crippen LogP contribution in [0.25, 0.3) is 0 Å². The Labute approximate surface area is 134 Å². The molecule has 1 heterocycles. The molecule has 3 heteroatoms. The number of ether oxygens (including phenoxy) is 2. The molecule has 0 amide bonds. The summed E-state index contributed by atoms with van der Waals surface area (Å²) >= 11 is 0. The van der Waals surface area contributed by atoms with Gasteiger partial charge in [-0.05, 0) is 30.2 Å². The van der Waals surface area contributed by atoms with E-state index in [4.69, 9.17) is 9.47 Å². The second-order valence-electron chi connectivity index (χ2n) is 7.25. The second-order valence-corrected chi connectivity index (χ2v) is 7.25. The molecule has 3 rings (SSSR count). The number of hydrogen-bond acceptors (Lipinski definition) is 3. The van der Waals surface area contributed by atoms with Crippen molar-refractivity contribution in [1.29, 1.82) is 0 Å². The average Bonchev–Trinajstić information content (AvgIpc) is 2.98. The summed E-state index contributed by atoms with van der Waals surface area (Å²) in [4.78, 5) is 0. The quantitative estimate of drug-likeness (QED) is 0.905. The van der Waals surface area contributed by atoms with Crippen molar-refractivity contribution in [2.45, 2.75) is 56.1 Å². The van der Waals surface area contributed by atoms with Crippen LogP contribution in [-0.2, 0) is 14.9 Å². The fraction of sp³-hybridized carbons (Fsp3) is 0.684. The topological polar surface area (TPSA) is 30.5 Å². The van der Waals surface area contributed by atoms with Crippen LogP contribution >= 0.6 is 0 Å². The zero-order valence-electron chi connectivity index (χ0n) is 13.9. The van der Waals surface area contributed by atoms with E-state index >= 15 is 0 Å². The molecule has 122 valence electrons. The highest BCUT2D eigenvalue weighted by Crippen LogP contribution is 2.40. The third-order valence-electron chi connectivity index (χ3n) is 5.76. The van der Waals surface area contributed by atoms with Crippen LogP contribution < -0.4 is 5.32 Å². The molecule has 1 aromatic rings. The van der Waals surface area contributed by atoms with E-state index in [0.717, 1.165) is 32.6 Å². The highest BCUT2D eigenvalue weighted by molar-refractivity contribution is 5.26. The maximum atomic E-state index is 5.83. The first-order valence-electron chi connectivity index (χ1n) is 8.58. The Morgan fingerprint density at radius 3 is 2.59 bits per heavy atom. The Morgan fingerprint density at radius 1 is 1.18 bits per heavy atom. The molecular formula is C19H29NO2. The van der Waals surface area contributed by atoms with Crippen molar-refractivity contribution in [3.05, 3.63) is 35.9 Å². The molecule has 1 aliphatic heterocycles. The molecule has 0 unspecified atom stereocenters. The molecule has 0 bridgehead atoms. The van der Waals surface area contributed by atoms with Gasteiger partial charge in [-0.15, -0.1) is 0 Å². The van der Waals surface area contributed by atoms with Gasteiger partial charge < -0.3 is 14.8 Å². The minimum Gasteiger partial charge on any atom is -0.381 e. The van der Waals surface area contributed by atoms with E-state index in [0.29, 0.717) is 11.5 Å². The van der Waals surface area contributed by atoms with Gasteiger partial charge in [0.15, 0.2) is 0 Å². The molecule has 22 heavy (non-hydrogen) atoms. The Balaban J connectivity index is 1.57. The van der Waals surface area contributed by atoms with Crippen LogP contribution in [0.5, 0.6) is 0 Å². The summed E-state index contributed by atoms with van der Waals surface area (Å²) < 4.78 is 11.3. The maximum Gasteiger partial charge on any atom is 0.0846 e. The number of benzene rings is 1. The molecule has 2 aliphatic rings. The van der Waals surface area contributed by atoms with E-state index in [1.807, 2.05) is 7.11 Å². The van der Waals surface area contributed by atoms with Gasteiger partial charge in [0.25, 0.3) is 0 Å². The van der Waals surface area contributed by atoms with E-state index in [1.165, 1.54) is 24.8 Å². The van der Waals surface area contributed by atoms with Crippen LogP contribution in [-0.4, -0.2) is 38.5 Å². The Hall–Kier alpha value is -0.900. The van der Waals surface area contributed by atoms with Crippen LogP contribution in [0.2, 0.25) is 0 Å². The predicted molar refractivity (Wildman–Crippen MR) is 89.2 cm³/mol. The molecule has 3 nitrogen and oxygen atoms in total. The number of nitrogens with one attached hydrogen (secondary N) is 1. The van der Waals surface area contributed by atoms with Crippen LogP contribution in [0.1, 0.15) is 44.6 Å². The van der Waals surface area contributed by atoms with Gasteiger partial charge in [0, 0.05) is 45.8 Å². The third kappa shape index (κ3) is 3.37. The van der Waals surface area contributed by atoms with Gasteiger partial charge in [-0.3, -0.25) is 0 Å². The lowest BCUT2D eigenvalue weighted by atomic mass is 9.81. The van der Waals surface area contributed by atoms with E-state index in [2.05, 4.69) is 42.6 Å². The fourth-order valence-corrected chi connectivity index (χ4v) is 4.04. The molecule has 0 spiro atoms. The molecule has 0 radical (unpaired) electrons. The lowest BCUT2D eigenvalue weighted by Gasteiger charge is -2.37. The molecule has 1 saturated carbocycles. The minimum absolute atomic E-state index is 0.0238. The van der Waals surface area contributed by atoms with Crippen molar-refractivity contribution in [1.82, 2.24) is 5.32 Å². The molecule has 1 aliphatic carbocycles. The normalized spacial score (nSPS) is 31.3. The standard InChI is InChI=1S/C19H29NO2/c1-18(16-6-4-3-5-7-16)9-8-17(14-18)20-15-19(21-2)10-12-22-13-11-19/h3-7,17,20H,8-15H2,1-2H3/t17-,18-/m0/s1. The third-order valence-corrected chi connectivity index (χ3v) is 5.76. The monoisotopic (exact) mass is 303 g/mol. The Kier molecular flexibility index (Phi) is 4.86. The number of hydrogen-bond donors (Lipinski definition) is 1. The lowest BCUT2D eigenvalue weighted by molar-refractivity contribution is -0.0886. The highest BCUT2D eigenvalue weighted by Gasteiger charge is 2.38. The van der Waals surface area contributed by atoms with E-state index in [9.17, 15) is 0 Å². The minimum atomic E-state index is -0.0238. The molecule has 1 saturated heterocycles. The van der Waals surface area contributed by atoms with E-state index in [1.54, 1.807) is 0 Å².